The third-order valence-corrected chi connectivity index (χ3v) is 6.81. The van der Waals surface area contributed by atoms with Crippen LogP contribution in [0.15, 0.2) is 58.3 Å². The maximum Gasteiger partial charge on any atom is 0.410 e. The van der Waals surface area contributed by atoms with Gasteiger partial charge >= 0.3 is 6.09 Å². The second kappa shape index (κ2) is 10.1. The van der Waals surface area contributed by atoms with Crippen LogP contribution in [0, 0.1) is 0 Å². The number of carbonyl (C=O) groups excluding carboxylic acids is 2. The SMILES string of the molecule is CC(C)(C)OC(=O)N1CCCN(Cc2ccc3[nH]c(C(N)=O)c(Sc4ccccc4)c3c2)CC1. The third-order valence-electron chi connectivity index (χ3n) is 5.67. The van der Waals surface area contributed by atoms with Gasteiger partial charge in [-0.05, 0) is 57.0 Å². The quantitative estimate of drug-likeness (QED) is 0.544. The first-order chi connectivity index (χ1) is 16.2. The normalized spacial score (nSPS) is 15.3. The lowest BCUT2D eigenvalue weighted by atomic mass is 10.1. The molecule has 0 radical (unpaired) electrons. The molecule has 0 aliphatic carbocycles. The number of rotatable bonds is 5. The van der Waals surface area contributed by atoms with E-state index >= 15 is 0 Å². The predicted molar refractivity (Wildman–Crippen MR) is 135 cm³/mol. The average molecular weight is 481 g/mol. The van der Waals surface area contributed by atoms with Gasteiger partial charge in [0.25, 0.3) is 5.91 Å². The van der Waals surface area contributed by atoms with Crippen molar-refractivity contribution in [1.29, 1.82) is 0 Å². The fourth-order valence-electron chi connectivity index (χ4n) is 4.09. The first kappa shape index (κ1) is 24.2. The second-order valence-corrected chi connectivity index (χ2v) is 10.7. The predicted octanol–water partition coefficient (Wildman–Crippen LogP) is 4.86. The van der Waals surface area contributed by atoms with Crippen LogP contribution in [0.4, 0.5) is 4.79 Å². The fourth-order valence-corrected chi connectivity index (χ4v) is 5.16. The Morgan fingerprint density at radius 3 is 2.53 bits per heavy atom. The number of primary amides is 1. The first-order valence-corrected chi connectivity index (χ1v) is 12.4. The Morgan fingerprint density at radius 2 is 1.82 bits per heavy atom. The summed E-state index contributed by atoms with van der Waals surface area (Å²) in [4.78, 5) is 33.8. The van der Waals surface area contributed by atoms with E-state index in [4.69, 9.17) is 10.5 Å². The summed E-state index contributed by atoms with van der Waals surface area (Å²) in [5.41, 5.74) is 7.67. The van der Waals surface area contributed by atoms with Gasteiger partial charge in [0.15, 0.2) is 0 Å². The van der Waals surface area contributed by atoms with E-state index in [9.17, 15) is 9.59 Å². The summed E-state index contributed by atoms with van der Waals surface area (Å²) in [6, 6.07) is 16.2. The van der Waals surface area contributed by atoms with Crippen molar-refractivity contribution in [2.75, 3.05) is 26.2 Å². The Hall–Kier alpha value is -2.97. The van der Waals surface area contributed by atoms with Crippen LogP contribution in [-0.2, 0) is 11.3 Å². The van der Waals surface area contributed by atoms with Crippen LogP contribution in [0.25, 0.3) is 10.9 Å². The highest BCUT2D eigenvalue weighted by atomic mass is 32.2. The van der Waals surface area contributed by atoms with E-state index in [1.165, 1.54) is 0 Å². The van der Waals surface area contributed by atoms with Crippen molar-refractivity contribution in [3.63, 3.8) is 0 Å². The van der Waals surface area contributed by atoms with Crippen LogP contribution >= 0.6 is 11.8 Å². The smallest absolute Gasteiger partial charge is 0.410 e. The summed E-state index contributed by atoms with van der Waals surface area (Å²) in [6.07, 6.45) is 0.650. The maximum atomic E-state index is 12.5. The molecule has 180 valence electrons. The molecule has 34 heavy (non-hydrogen) atoms. The molecule has 7 nitrogen and oxygen atoms in total. The zero-order valence-corrected chi connectivity index (χ0v) is 20.8. The van der Waals surface area contributed by atoms with E-state index in [1.807, 2.05) is 57.2 Å². The molecule has 0 saturated carbocycles. The highest BCUT2D eigenvalue weighted by molar-refractivity contribution is 7.99. The largest absolute Gasteiger partial charge is 0.444 e. The van der Waals surface area contributed by atoms with Crippen LogP contribution in [0.1, 0.15) is 43.2 Å². The van der Waals surface area contributed by atoms with Gasteiger partial charge in [-0.25, -0.2) is 4.79 Å². The molecule has 2 amide bonds. The Kier molecular flexibility index (Phi) is 7.19. The molecule has 0 spiro atoms. The number of aromatic amines is 1. The van der Waals surface area contributed by atoms with E-state index in [-0.39, 0.29) is 6.09 Å². The van der Waals surface area contributed by atoms with Crippen molar-refractivity contribution < 1.29 is 14.3 Å². The number of amides is 2. The minimum atomic E-state index is -0.492. The van der Waals surface area contributed by atoms with Crippen LogP contribution in [0.2, 0.25) is 0 Å². The highest BCUT2D eigenvalue weighted by Gasteiger charge is 2.25. The van der Waals surface area contributed by atoms with Crippen LogP contribution in [-0.4, -0.2) is 58.6 Å². The molecule has 8 heteroatoms. The fraction of sp³-hybridized carbons (Fsp3) is 0.385. The second-order valence-electron chi connectivity index (χ2n) is 9.59. The van der Waals surface area contributed by atoms with Gasteiger partial charge in [0.05, 0.1) is 4.90 Å². The summed E-state index contributed by atoms with van der Waals surface area (Å²) in [5.74, 6) is -0.467. The van der Waals surface area contributed by atoms with E-state index in [0.717, 1.165) is 52.3 Å². The number of hydrogen-bond donors (Lipinski definition) is 2. The molecular weight excluding hydrogens is 448 g/mol. The standard InChI is InChI=1S/C26H32N4O3S/c1-26(2,3)33-25(32)30-13-7-12-29(14-15-30)17-18-10-11-21-20(16-18)23(22(28-21)24(27)31)34-19-8-5-4-6-9-19/h4-6,8-11,16,28H,7,12-15,17H2,1-3H3,(H2,27,31). The molecule has 1 aromatic heterocycles. The molecule has 1 aliphatic rings. The van der Waals surface area contributed by atoms with Gasteiger partial charge in [0, 0.05) is 48.5 Å². The van der Waals surface area contributed by atoms with Crippen molar-refractivity contribution in [2.24, 2.45) is 5.73 Å². The highest BCUT2D eigenvalue weighted by Crippen LogP contribution is 2.37. The van der Waals surface area contributed by atoms with Crippen LogP contribution in [0.3, 0.4) is 0 Å². The average Bonchev–Trinajstić information content (AvgIpc) is 2.96. The van der Waals surface area contributed by atoms with Crippen molar-refractivity contribution in [1.82, 2.24) is 14.8 Å². The van der Waals surface area contributed by atoms with Gasteiger partial charge < -0.3 is 20.4 Å². The van der Waals surface area contributed by atoms with Gasteiger partial charge in [0.1, 0.15) is 11.3 Å². The molecule has 0 unspecified atom stereocenters. The summed E-state index contributed by atoms with van der Waals surface area (Å²) in [7, 11) is 0. The monoisotopic (exact) mass is 480 g/mol. The number of nitrogens with two attached hydrogens (primary N) is 1. The molecule has 1 aliphatic heterocycles. The molecular formula is C26H32N4O3S. The van der Waals surface area contributed by atoms with E-state index in [1.54, 1.807) is 16.7 Å². The van der Waals surface area contributed by atoms with Gasteiger partial charge in [-0.1, -0.05) is 36.0 Å². The van der Waals surface area contributed by atoms with Crippen molar-refractivity contribution in [3.05, 3.63) is 59.8 Å². The Labute approximate surface area is 204 Å². The summed E-state index contributed by atoms with van der Waals surface area (Å²) in [6.45, 7) is 9.46. The third kappa shape index (κ3) is 5.93. The number of carbonyl (C=O) groups is 2. The molecule has 0 bridgehead atoms. The molecule has 2 heterocycles. The molecule has 1 saturated heterocycles. The summed E-state index contributed by atoms with van der Waals surface area (Å²) < 4.78 is 5.54. The number of ether oxygens (including phenoxy) is 1. The zero-order chi connectivity index (χ0) is 24.3. The number of nitrogens with one attached hydrogen (secondary N) is 1. The molecule has 3 aromatic rings. The van der Waals surface area contributed by atoms with Gasteiger partial charge in [-0.2, -0.15) is 0 Å². The van der Waals surface area contributed by atoms with Gasteiger partial charge in [-0.3, -0.25) is 9.69 Å². The number of benzene rings is 2. The summed E-state index contributed by atoms with van der Waals surface area (Å²) in [5, 5.41) is 0.991. The van der Waals surface area contributed by atoms with E-state index < -0.39 is 11.5 Å². The van der Waals surface area contributed by atoms with Crippen LogP contribution < -0.4 is 5.73 Å². The number of fused-ring (bicyclic) bond motifs is 1. The first-order valence-electron chi connectivity index (χ1n) is 11.6. The Morgan fingerprint density at radius 1 is 1.06 bits per heavy atom. The van der Waals surface area contributed by atoms with Crippen LogP contribution in [0.5, 0.6) is 0 Å². The lowest BCUT2D eigenvalue weighted by Crippen LogP contribution is -2.39. The topological polar surface area (TPSA) is 91.7 Å². The lowest BCUT2D eigenvalue weighted by molar-refractivity contribution is 0.0257. The van der Waals surface area contributed by atoms with Gasteiger partial charge in [-0.15, -0.1) is 0 Å². The number of hydrogen-bond acceptors (Lipinski definition) is 5. The molecule has 1 fully saturated rings. The minimum absolute atomic E-state index is 0.246. The van der Waals surface area contributed by atoms with Crippen molar-refractivity contribution in [3.8, 4) is 0 Å². The zero-order valence-electron chi connectivity index (χ0n) is 20.0. The number of H-pyrrole nitrogens is 1. The molecule has 4 rings (SSSR count). The van der Waals surface area contributed by atoms with Crippen molar-refractivity contribution in [2.45, 2.75) is 49.1 Å². The lowest BCUT2D eigenvalue weighted by Gasteiger charge is -2.26. The molecule has 3 N–H and O–H groups in total. The van der Waals surface area contributed by atoms with E-state index in [2.05, 4.69) is 22.0 Å². The van der Waals surface area contributed by atoms with Crippen molar-refractivity contribution >= 4 is 34.7 Å². The number of aromatic nitrogens is 1. The Bertz CT molecular complexity index is 1170. The molecule has 0 atom stereocenters. The summed E-state index contributed by atoms with van der Waals surface area (Å²) >= 11 is 1.54. The van der Waals surface area contributed by atoms with Gasteiger partial charge in [0.2, 0.25) is 0 Å². The Balaban J connectivity index is 1.51. The van der Waals surface area contributed by atoms with E-state index in [0.29, 0.717) is 18.8 Å². The maximum absolute atomic E-state index is 12.5. The molecule has 2 aromatic carbocycles. The number of nitrogens with zero attached hydrogens (tertiary/aromatic N) is 2. The minimum Gasteiger partial charge on any atom is -0.444 e.